The fourth-order valence-electron chi connectivity index (χ4n) is 1.40. The van der Waals surface area contributed by atoms with Crippen LogP contribution in [0.1, 0.15) is 27.6 Å². The molecule has 0 unspecified atom stereocenters. The van der Waals surface area contributed by atoms with Gasteiger partial charge < -0.3 is 9.64 Å². The molecule has 0 fully saturated rings. The minimum Gasteiger partial charge on any atom is -0.465 e. The van der Waals surface area contributed by atoms with Crippen molar-refractivity contribution in [1.82, 2.24) is 0 Å². The Hall–Kier alpha value is -1.84. The Kier molecular flexibility index (Phi) is 3.66. The Labute approximate surface area is 94.8 Å². The maximum absolute atomic E-state index is 11.5. The molecule has 0 aromatic heterocycles. The molecule has 0 heterocycles. The van der Waals surface area contributed by atoms with E-state index in [1.807, 2.05) is 14.1 Å². The third kappa shape index (κ3) is 2.39. The quantitative estimate of drug-likeness (QED) is 0.576. The first-order valence-corrected chi connectivity index (χ1v) is 4.88. The summed E-state index contributed by atoms with van der Waals surface area (Å²) in [5.41, 5.74) is 1.72. The minimum atomic E-state index is -0.404. The van der Waals surface area contributed by atoms with Crippen LogP contribution in [-0.2, 0) is 4.74 Å². The second-order valence-corrected chi connectivity index (χ2v) is 3.67. The van der Waals surface area contributed by atoms with Gasteiger partial charge in [0.05, 0.1) is 18.4 Å². The van der Waals surface area contributed by atoms with Gasteiger partial charge in [0.15, 0.2) is 5.78 Å². The first-order chi connectivity index (χ1) is 7.47. The number of rotatable bonds is 3. The van der Waals surface area contributed by atoms with E-state index in [4.69, 9.17) is 0 Å². The van der Waals surface area contributed by atoms with Crippen molar-refractivity contribution >= 4 is 17.4 Å². The molecule has 0 aliphatic heterocycles. The topological polar surface area (TPSA) is 46.6 Å². The van der Waals surface area contributed by atoms with Crippen LogP contribution in [0.2, 0.25) is 0 Å². The number of esters is 1. The smallest absolute Gasteiger partial charge is 0.339 e. The van der Waals surface area contributed by atoms with Crippen molar-refractivity contribution < 1.29 is 14.3 Å². The van der Waals surface area contributed by atoms with Gasteiger partial charge in [0.25, 0.3) is 0 Å². The Morgan fingerprint density at radius 1 is 1.25 bits per heavy atom. The highest BCUT2D eigenvalue weighted by atomic mass is 16.5. The lowest BCUT2D eigenvalue weighted by Crippen LogP contribution is -2.15. The normalized spacial score (nSPS) is 9.75. The van der Waals surface area contributed by atoms with Crippen LogP contribution in [0.15, 0.2) is 18.2 Å². The average molecular weight is 221 g/mol. The zero-order valence-corrected chi connectivity index (χ0v) is 9.90. The van der Waals surface area contributed by atoms with E-state index in [0.717, 1.165) is 0 Å². The van der Waals surface area contributed by atoms with Crippen LogP contribution >= 0.6 is 0 Å². The predicted molar refractivity (Wildman–Crippen MR) is 62.1 cm³/mol. The minimum absolute atomic E-state index is 0.0282. The van der Waals surface area contributed by atoms with Crippen molar-refractivity contribution in [2.75, 3.05) is 26.1 Å². The van der Waals surface area contributed by atoms with Crippen molar-refractivity contribution in [3.05, 3.63) is 29.3 Å². The van der Waals surface area contributed by atoms with Gasteiger partial charge in [-0.15, -0.1) is 0 Å². The molecule has 4 heteroatoms. The first-order valence-electron chi connectivity index (χ1n) is 4.88. The molecule has 0 aliphatic carbocycles. The lowest BCUT2D eigenvalue weighted by molar-refractivity contribution is 0.0601. The molecule has 0 spiro atoms. The highest BCUT2D eigenvalue weighted by Crippen LogP contribution is 2.21. The van der Waals surface area contributed by atoms with Crippen molar-refractivity contribution in [2.24, 2.45) is 0 Å². The van der Waals surface area contributed by atoms with Crippen molar-refractivity contribution in [1.29, 1.82) is 0 Å². The first kappa shape index (κ1) is 12.2. The van der Waals surface area contributed by atoms with Gasteiger partial charge in [-0.05, 0) is 19.1 Å². The number of ether oxygens (including phenoxy) is 1. The molecule has 1 aromatic rings. The van der Waals surface area contributed by atoms with Gasteiger partial charge in [0.2, 0.25) is 0 Å². The summed E-state index contributed by atoms with van der Waals surface area (Å²) in [4.78, 5) is 24.5. The van der Waals surface area contributed by atoms with Crippen molar-refractivity contribution in [3.63, 3.8) is 0 Å². The third-order valence-electron chi connectivity index (χ3n) is 2.29. The number of hydrogen-bond donors (Lipinski definition) is 0. The summed E-state index contributed by atoms with van der Waals surface area (Å²) in [6.45, 7) is 1.49. The summed E-state index contributed by atoms with van der Waals surface area (Å²) < 4.78 is 4.68. The molecule has 1 aromatic carbocycles. The Morgan fingerprint density at radius 2 is 1.88 bits per heavy atom. The standard InChI is InChI=1S/C12H15NO3/c1-8(14)9-5-6-10(12(15)16-4)11(7-9)13(2)3/h5-7H,1-4H3. The van der Waals surface area contributed by atoms with Crippen molar-refractivity contribution in [2.45, 2.75) is 6.92 Å². The summed E-state index contributed by atoms with van der Waals surface area (Å²) >= 11 is 0. The molecule has 0 radical (unpaired) electrons. The summed E-state index contributed by atoms with van der Waals surface area (Å²) in [6, 6.07) is 4.92. The summed E-state index contributed by atoms with van der Waals surface area (Å²) in [6.07, 6.45) is 0. The number of anilines is 1. The van der Waals surface area contributed by atoms with Crippen LogP contribution in [-0.4, -0.2) is 33.0 Å². The van der Waals surface area contributed by atoms with Gasteiger partial charge in [0.1, 0.15) is 0 Å². The van der Waals surface area contributed by atoms with Gasteiger partial charge in [-0.3, -0.25) is 4.79 Å². The van der Waals surface area contributed by atoms with Crippen LogP contribution in [0.5, 0.6) is 0 Å². The summed E-state index contributed by atoms with van der Waals surface area (Å²) in [5.74, 6) is -0.432. The molecule has 0 atom stereocenters. The molecule has 0 saturated heterocycles. The van der Waals surface area contributed by atoms with Gasteiger partial charge in [-0.25, -0.2) is 4.79 Å². The van der Waals surface area contributed by atoms with E-state index in [0.29, 0.717) is 16.8 Å². The van der Waals surface area contributed by atoms with Crippen LogP contribution in [0.25, 0.3) is 0 Å². The van der Waals surface area contributed by atoms with Gasteiger partial charge in [-0.2, -0.15) is 0 Å². The zero-order valence-electron chi connectivity index (χ0n) is 9.90. The summed E-state index contributed by atoms with van der Waals surface area (Å²) in [5, 5.41) is 0. The van der Waals surface area contributed by atoms with Gasteiger partial charge in [-0.1, -0.05) is 6.07 Å². The number of methoxy groups -OCH3 is 1. The molecule has 0 bridgehead atoms. The molecule has 86 valence electrons. The third-order valence-corrected chi connectivity index (χ3v) is 2.29. The van der Waals surface area contributed by atoms with Crippen LogP contribution in [0, 0.1) is 0 Å². The number of carbonyl (C=O) groups is 2. The molecule has 16 heavy (non-hydrogen) atoms. The fourth-order valence-corrected chi connectivity index (χ4v) is 1.40. The monoisotopic (exact) mass is 221 g/mol. The number of Topliss-reactive ketones (excluding diaryl/α,β-unsaturated/α-hetero) is 1. The van der Waals surface area contributed by atoms with Crippen LogP contribution in [0.3, 0.4) is 0 Å². The molecule has 0 aliphatic rings. The Bertz CT molecular complexity index is 424. The van der Waals surface area contributed by atoms with E-state index in [2.05, 4.69) is 4.74 Å². The van der Waals surface area contributed by atoms with E-state index in [-0.39, 0.29) is 5.78 Å². The molecular formula is C12H15NO3. The highest BCUT2D eigenvalue weighted by molar-refractivity contribution is 6.00. The van der Waals surface area contributed by atoms with Crippen molar-refractivity contribution in [3.8, 4) is 0 Å². The fraction of sp³-hybridized carbons (Fsp3) is 0.333. The Morgan fingerprint density at radius 3 is 2.31 bits per heavy atom. The van der Waals surface area contributed by atoms with Crippen LogP contribution in [0.4, 0.5) is 5.69 Å². The highest BCUT2D eigenvalue weighted by Gasteiger charge is 2.14. The number of nitrogens with zero attached hydrogens (tertiary/aromatic N) is 1. The Balaban J connectivity index is 3.30. The molecule has 0 amide bonds. The van der Waals surface area contributed by atoms with E-state index >= 15 is 0 Å². The SMILES string of the molecule is COC(=O)c1ccc(C(C)=O)cc1N(C)C. The predicted octanol–water partition coefficient (Wildman–Crippen LogP) is 1.74. The maximum Gasteiger partial charge on any atom is 0.339 e. The van der Waals surface area contributed by atoms with Gasteiger partial charge >= 0.3 is 5.97 Å². The van der Waals surface area contributed by atoms with Gasteiger partial charge in [0, 0.05) is 19.7 Å². The van der Waals surface area contributed by atoms with E-state index in [9.17, 15) is 9.59 Å². The second-order valence-electron chi connectivity index (χ2n) is 3.67. The second kappa shape index (κ2) is 4.79. The maximum atomic E-state index is 11.5. The van der Waals surface area contributed by atoms with E-state index < -0.39 is 5.97 Å². The zero-order chi connectivity index (χ0) is 12.3. The molecule has 0 N–H and O–H groups in total. The number of carbonyl (C=O) groups excluding carboxylic acids is 2. The molecule has 0 saturated carbocycles. The average Bonchev–Trinajstić information content (AvgIpc) is 2.26. The molecular weight excluding hydrogens is 206 g/mol. The molecule has 1 rings (SSSR count). The van der Waals surface area contributed by atoms with E-state index in [1.165, 1.54) is 14.0 Å². The lowest BCUT2D eigenvalue weighted by atomic mass is 10.1. The van der Waals surface area contributed by atoms with E-state index in [1.54, 1.807) is 23.1 Å². The molecule has 4 nitrogen and oxygen atoms in total. The largest absolute Gasteiger partial charge is 0.465 e. The van der Waals surface area contributed by atoms with Crippen LogP contribution < -0.4 is 4.90 Å². The summed E-state index contributed by atoms with van der Waals surface area (Å²) in [7, 11) is 4.96. The lowest BCUT2D eigenvalue weighted by Gasteiger charge is -2.16. The number of hydrogen-bond acceptors (Lipinski definition) is 4. The number of benzene rings is 1. The number of ketones is 1.